The van der Waals surface area contributed by atoms with Gasteiger partial charge >= 0.3 is 0 Å². The van der Waals surface area contributed by atoms with E-state index in [1.54, 1.807) is 14.2 Å². The Kier molecular flexibility index (Phi) is 3.63. The van der Waals surface area contributed by atoms with Gasteiger partial charge in [-0.15, -0.1) is 0 Å². The van der Waals surface area contributed by atoms with E-state index in [1.165, 1.54) is 0 Å². The summed E-state index contributed by atoms with van der Waals surface area (Å²) in [4.78, 5) is 0. The Morgan fingerprint density at radius 2 is 2.00 bits per heavy atom. The van der Waals surface area contributed by atoms with Crippen molar-refractivity contribution in [1.82, 2.24) is 5.32 Å². The van der Waals surface area contributed by atoms with Gasteiger partial charge in [0.05, 0.1) is 12.1 Å². The molecule has 0 amide bonds. The lowest BCUT2D eigenvalue weighted by molar-refractivity contribution is -0.453. The molecule has 6 N–H and O–H groups in total. The van der Waals surface area contributed by atoms with Gasteiger partial charge in [0.2, 0.25) is 0 Å². The summed E-state index contributed by atoms with van der Waals surface area (Å²) in [5, 5.41) is 22.2. The summed E-state index contributed by atoms with van der Waals surface area (Å²) in [6.45, 7) is 0. The van der Waals surface area contributed by atoms with Crippen LogP contribution in [0.1, 0.15) is 6.42 Å². The number of aliphatic hydroxyl groups is 2. The van der Waals surface area contributed by atoms with E-state index in [2.05, 4.69) is 11.1 Å². The van der Waals surface area contributed by atoms with Crippen LogP contribution in [0, 0.1) is 0 Å². The summed E-state index contributed by atoms with van der Waals surface area (Å²) >= 11 is 0. The normalized spacial score (nSPS) is 46.4. The topological polar surface area (TPSA) is 89.4 Å². The molecule has 5 atom stereocenters. The molecule has 1 aliphatic carbocycles. The fraction of sp³-hybridized carbons (Fsp3) is 1.00. The molecule has 1 aliphatic rings. The summed E-state index contributed by atoms with van der Waals surface area (Å²) in [5.41, 5.74) is 3.78. The predicted molar refractivity (Wildman–Crippen MR) is 47.0 cm³/mol. The van der Waals surface area contributed by atoms with Crippen molar-refractivity contribution in [2.24, 2.45) is 0 Å². The van der Waals surface area contributed by atoms with Gasteiger partial charge in [0, 0.05) is 13.5 Å². The Balaban J connectivity index is 2.69. The van der Waals surface area contributed by atoms with Gasteiger partial charge in [-0.1, -0.05) is 0 Å². The SMILES string of the molecule is CN[C@H]1[C@@H](O)[C@H](O)[C@@H]([NH3+])C[C@@H]1OC. The van der Waals surface area contributed by atoms with Crippen molar-refractivity contribution in [3.05, 3.63) is 0 Å². The molecule has 0 aliphatic heterocycles. The standard InChI is InChI=1S/C8H18N2O3/c1-10-6-5(13-2)3-4(9)7(11)8(6)12/h4-8,10-12H,3,9H2,1-2H3/p+1/t4-,5-,6+,7+,8+/m0/s1. The lowest BCUT2D eigenvalue weighted by Crippen LogP contribution is -2.75. The first-order valence-corrected chi connectivity index (χ1v) is 4.51. The maximum absolute atomic E-state index is 9.68. The first kappa shape index (κ1) is 10.9. The van der Waals surface area contributed by atoms with E-state index in [-0.39, 0.29) is 18.2 Å². The average molecular weight is 191 g/mol. The zero-order chi connectivity index (χ0) is 10.0. The number of hydrogen-bond donors (Lipinski definition) is 4. The van der Waals surface area contributed by atoms with Crippen molar-refractivity contribution in [1.29, 1.82) is 0 Å². The summed E-state index contributed by atoms with van der Waals surface area (Å²) in [6, 6.07) is -0.373. The minimum absolute atomic E-state index is 0.0779. The maximum Gasteiger partial charge on any atom is 0.133 e. The summed E-state index contributed by atoms with van der Waals surface area (Å²) < 4.78 is 5.21. The molecule has 5 nitrogen and oxygen atoms in total. The van der Waals surface area contributed by atoms with Gasteiger partial charge in [0.1, 0.15) is 18.2 Å². The average Bonchev–Trinajstić information content (AvgIpc) is 2.13. The van der Waals surface area contributed by atoms with E-state index in [1.807, 2.05) is 0 Å². The summed E-state index contributed by atoms with van der Waals surface area (Å²) in [6.07, 6.45) is -0.971. The molecular weight excluding hydrogens is 172 g/mol. The number of ether oxygens (including phenoxy) is 1. The summed E-state index contributed by atoms with van der Waals surface area (Å²) in [7, 11) is 3.35. The second-order valence-corrected chi connectivity index (χ2v) is 3.57. The third kappa shape index (κ3) is 2.00. The van der Waals surface area contributed by atoms with Crippen molar-refractivity contribution >= 4 is 0 Å². The molecule has 78 valence electrons. The zero-order valence-corrected chi connectivity index (χ0v) is 8.10. The molecule has 1 fully saturated rings. The Morgan fingerprint density at radius 3 is 2.46 bits per heavy atom. The minimum Gasteiger partial charge on any atom is -0.388 e. The third-order valence-corrected chi connectivity index (χ3v) is 2.77. The van der Waals surface area contributed by atoms with Gasteiger partial charge in [-0.2, -0.15) is 0 Å². The molecule has 1 rings (SSSR count). The van der Waals surface area contributed by atoms with Gasteiger partial charge in [-0.05, 0) is 7.05 Å². The third-order valence-electron chi connectivity index (χ3n) is 2.77. The van der Waals surface area contributed by atoms with Crippen LogP contribution in [0.15, 0.2) is 0 Å². The van der Waals surface area contributed by atoms with Crippen molar-refractivity contribution in [2.75, 3.05) is 14.2 Å². The minimum atomic E-state index is -0.800. The molecule has 0 aromatic heterocycles. The van der Waals surface area contributed by atoms with E-state index in [4.69, 9.17) is 4.74 Å². The molecule has 1 saturated carbocycles. The molecule has 0 bridgehead atoms. The molecule has 0 unspecified atom stereocenters. The number of aliphatic hydroxyl groups excluding tert-OH is 2. The highest BCUT2D eigenvalue weighted by Gasteiger charge is 2.43. The lowest BCUT2D eigenvalue weighted by Gasteiger charge is -2.38. The highest BCUT2D eigenvalue weighted by Crippen LogP contribution is 2.20. The van der Waals surface area contributed by atoms with Crippen LogP contribution < -0.4 is 11.1 Å². The van der Waals surface area contributed by atoms with E-state index in [0.29, 0.717) is 6.42 Å². The van der Waals surface area contributed by atoms with Gasteiger partial charge in [0.15, 0.2) is 0 Å². The number of nitrogens with one attached hydrogen (secondary N) is 1. The van der Waals surface area contributed by atoms with Gasteiger partial charge < -0.3 is 26.0 Å². The van der Waals surface area contributed by atoms with Crippen molar-refractivity contribution in [3.8, 4) is 0 Å². The van der Waals surface area contributed by atoms with Crippen LogP contribution in [0.5, 0.6) is 0 Å². The lowest BCUT2D eigenvalue weighted by atomic mass is 9.84. The first-order valence-electron chi connectivity index (χ1n) is 4.51. The second kappa shape index (κ2) is 4.34. The van der Waals surface area contributed by atoms with E-state index in [9.17, 15) is 10.2 Å². The van der Waals surface area contributed by atoms with Crippen molar-refractivity contribution in [2.45, 2.75) is 36.8 Å². The van der Waals surface area contributed by atoms with Gasteiger partial charge in [-0.3, -0.25) is 0 Å². The van der Waals surface area contributed by atoms with Crippen LogP contribution in [0.4, 0.5) is 0 Å². The quantitative estimate of drug-likeness (QED) is 0.383. The van der Waals surface area contributed by atoms with E-state index < -0.39 is 12.2 Å². The van der Waals surface area contributed by atoms with Crippen molar-refractivity contribution < 1.29 is 20.7 Å². The van der Waals surface area contributed by atoms with Crippen LogP contribution in [0.25, 0.3) is 0 Å². The van der Waals surface area contributed by atoms with E-state index in [0.717, 1.165) is 0 Å². The molecule has 5 heteroatoms. The molecule has 0 saturated heterocycles. The predicted octanol–water partition coefficient (Wildman–Crippen LogP) is -2.67. The molecule has 0 aromatic rings. The number of hydrogen-bond acceptors (Lipinski definition) is 4. The fourth-order valence-electron chi connectivity index (χ4n) is 1.90. The smallest absolute Gasteiger partial charge is 0.133 e. The summed E-state index contributed by atoms with van der Waals surface area (Å²) in [5.74, 6) is 0. The maximum atomic E-state index is 9.68. The van der Waals surface area contributed by atoms with Crippen LogP contribution >= 0.6 is 0 Å². The number of methoxy groups -OCH3 is 1. The van der Waals surface area contributed by atoms with Crippen LogP contribution in [0.3, 0.4) is 0 Å². The molecule has 13 heavy (non-hydrogen) atoms. The molecule has 0 radical (unpaired) electrons. The Bertz CT molecular complexity index is 165. The van der Waals surface area contributed by atoms with Gasteiger partial charge in [-0.25, -0.2) is 0 Å². The highest BCUT2D eigenvalue weighted by molar-refractivity contribution is 4.96. The largest absolute Gasteiger partial charge is 0.388 e. The molecular formula is C8H19N2O3+. The second-order valence-electron chi connectivity index (χ2n) is 3.57. The zero-order valence-electron chi connectivity index (χ0n) is 8.10. The van der Waals surface area contributed by atoms with E-state index >= 15 is 0 Å². The molecule has 0 spiro atoms. The monoisotopic (exact) mass is 191 g/mol. The van der Waals surface area contributed by atoms with Crippen LogP contribution in [0.2, 0.25) is 0 Å². The van der Waals surface area contributed by atoms with Crippen LogP contribution in [-0.2, 0) is 4.74 Å². The fourth-order valence-corrected chi connectivity index (χ4v) is 1.90. The van der Waals surface area contributed by atoms with Gasteiger partial charge in [0.25, 0.3) is 0 Å². The highest BCUT2D eigenvalue weighted by atomic mass is 16.5. The molecule has 0 aromatic carbocycles. The molecule has 0 heterocycles. The Hall–Kier alpha value is -0.200. The van der Waals surface area contributed by atoms with Crippen LogP contribution in [-0.4, -0.2) is 54.8 Å². The van der Waals surface area contributed by atoms with Crippen molar-refractivity contribution in [3.63, 3.8) is 0 Å². The Labute approximate surface area is 77.9 Å². The first-order chi connectivity index (χ1) is 6.11. The number of quaternary nitrogens is 1. The number of likely N-dealkylation sites (N-methyl/N-ethyl adjacent to an activating group) is 1. The number of rotatable bonds is 2. The Morgan fingerprint density at radius 1 is 1.38 bits per heavy atom.